The van der Waals surface area contributed by atoms with Crippen molar-refractivity contribution in [2.75, 3.05) is 6.54 Å². The van der Waals surface area contributed by atoms with E-state index >= 15 is 0 Å². The Morgan fingerprint density at radius 3 is 1.79 bits per heavy atom. The predicted octanol–water partition coefficient (Wildman–Crippen LogP) is 4.66. The Hall–Kier alpha value is -1.98. The molecule has 0 aliphatic carbocycles. The van der Waals surface area contributed by atoms with E-state index in [9.17, 15) is 19.2 Å². The molecule has 6 nitrogen and oxygen atoms in total. The van der Waals surface area contributed by atoms with Gasteiger partial charge in [-0.3, -0.25) is 24.1 Å². The average molecular weight is 396 g/mol. The van der Waals surface area contributed by atoms with Gasteiger partial charge in [-0.1, -0.05) is 70.4 Å². The van der Waals surface area contributed by atoms with Crippen LogP contribution in [0.5, 0.6) is 0 Å². The molecule has 0 aromatic heterocycles. The molecule has 0 aliphatic rings. The van der Waals surface area contributed by atoms with Crippen molar-refractivity contribution in [3.05, 3.63) is 12.2 Å². The fourth-order valence-electron chi connectivity index (χ4n) is 2.97. The second-order valence-corrected chi connectivity index (χ2v) is 7.16. The predicted molar refractivity (Wildman–Crippen MR) is 110 cm³/mol. The minimum atomic E-state index is -1.31. The Morgan fingerprint density at radius 2 is 1.29 bits per heavy atom. The number of aldehydes is 1. The third kappa shape index (κ3) is 15.1. The zero-order chi connectivity index (χ0) is 21.0. The number of amides is 2. The highest BCUT2D eigenvalue weighted by atomic mass is 16.4. The smallest absolute Gasteiger partial charge is 0.323 e. The van der Waals surface area contributed by atoms with Crippen LogP contribution >= 0.6 is 0 Å². The lowest BCUT2D eigenvalue weighted by Crippen LogP contribution is -2.41. The van der Waals surface area contributed by atoms with Gasteiger partial charge < -0.3 is 5.11 Å². The quantitative estimate of drug-likeness (QED) is 0.158. The first-order valence-corrected chi connectivity index (χ1v) is 10.7. The van der Waals surface area contributed by atoms with E-state index in [0.29, 0.717) is 11.3 Å². The summed E-state index contributed by atoms with van der Waals surface area (Å²) in [6, 6.07) is 0. The number of allylic oxidation sites excluding steroid dienone is 2. The molecule has 0 aromatic rings. The molecular formula is C22H37NO5. The van der Waals surface area contributed by atoms with E-state index in [4.69, 9.17) is 5.11 Å². The van der Waals surface area contributed by atoms with Crippen molar-refractivity contribution in [2.45, 2.75) is 96.8 Å². The van der Waals surface area contributed by atoms with Crippen LogP contribution < -0.4 is 0 Å². The number of nitrogens with zero attached hydrogens (tertiary/aromatic N) is 1. The van der Waals surface area contributed by atoms with Crippen LogP contribution in [0.3, 0.4) is 0 Å². The van der Waals surface area contributed by atoms with Gasteiger partial charge >= 0.3 is 5.97 Å². The second-order valence-electron chi connectivity index (χ2n) is 7.16. The summed E-state index contributed by atoms with van der Waals surface area (Å²) in [7, 11) is 0. The van der Waals surface area contributed by atoms with Crippen LogP contribution in [-0.2, 0) is 19.2 Å². The first-order chi connectivity index (χ1) is 13.5. The van der Waals surface area contributed by atoms with E-state index in [1.807, 2.05) is 0 Å². The summed E-state index contributed by atoms with van der Waals surface area (Å²) in [5.41, 5.74) is 0. The molecule has 0 spiro atoms. The van der Waals surface area contributed by atoms with Crippen LogP contribution in [0.15, 0.2) is 12.2 Å². The number of carboxylic acids is 1. The highest BCUT2D eigenvalue weighted by molar-refractivity contribution is 6.27. The molecule has 0 heterocycles. The van der Waals surface area contributed by atoms with E-state index in [0.717, 1.165) is 32.1 Å². The van der Waals surface area contributed by atoms with Gasteiger partial charge in [-0.2, -0.15) is 0 Å². The van der Waals surface area contributed by atoms with Gasteiger partial charge in [-0.15, -0.1) is 0 Å². The van der Waals surface area contributed by atoms with Crippen molar-refractivity contribution in [2.24, 2.45) is 0 Å². The van der Waals surface area contributed by atoms with Crippen molar-refractivity contribution in [1.82, 2.24) is 4.90 Å². The number of aliphatic carboxylic acids is 1. The summed E-state index contributed by atoms with van der Waals surface area (Å²) in [5.74, 6) is -3.01. The molecule has 0 rings (SSSR count). The first-order valence-electron chi connectivity index (χ1n) is 10.7. The van der Waals surface area contributed by atoms with Crippen LogP contribution in [0.1, 0.15) is 96.8 Å². The molecule has 0 unspecified atom stereocenters. The summed E-state index contributed by atoms with van der Waals surface area (Å²) in [4.78, 5) is 44.9. The molecule has 0 radical (unpaired) electrons. The average Bonchev–Trinajstić information content (AvgIpc) is 2.68. The van der Waals surface area contributed by atoms with Crippen LogP contribution in [0.2, 0.25) is 0 Å². The topological polar surface area (TPSA) is 91.8 Å². The van der Waals surface area contributed by atoms with E-state index in [1.165, 1.54) is 44.9 Å². The van der Waals surface area contributed by atoms with Crippen LogP contribution in [0, 0.1) is 0 Å². The highest BCUT2D eigenvalue weighted by Crippen LogP contribution is 2.10. The highest BCUT2D eigenvalue weighted by Gasteiger charge is 2.22. The number of carbonyl (C=O) groups excluding carboxylic acids is 3. The number of unbranched alkanes of at least 4 members (excludes halogenated alkanes) is 11. The van der Waals surface area contributed by atoms with Crippen LogP contribution in [0.4, 0.5) is 0 Å². The lowest BCUT2D eigenvalue weighted by Gasteiger charge is -2.15. The summed E-state index contributed by atoms with van der Waals surface area (Å²) >= 11 is 0. The summed E-state index contributed by atoms with van der Waals surface area (Å²) in [6.07, 6.45) is 19.4. The van der Waals surface area contributed by atoms with Crippen LogP contribution in [-0.4, -0.2) is 40.6 Å². The van der Waals surface area contributed by atoms with E-state index in [-0.39, 0.29) is 12.7 Å². The number of rotatable bonds is 18. The molecule has 0 saturated carbocycles. The minimum Gasteiger partial charge on any atom is -0.480 e. The van der Waals surface area contributed by atoms with Gasteiger partial charge in [0.15, 0.2) is 0 Å². The summed E-state index contributed by atoms with van der Waals surface area (Å²) < 4.78 is 0. The first kappa shape index (κ1) is 26.0. The van der Waals surface area contributed by atoms with Gasteiger partial charge in [0.05, 0.1) is 0 Å². The molecule has 2 amide bonds. The number of imide groups is 1. The number of carbonyl (C=O) groups is 4. The molecule has 28 heavy (non-hydrogen) atoms. The maximum Gasteiger partial charge on any atom is 0.323 e. The monoisotopic (exact) mass is 395 g/mol. The molecule has 6 heteroatoms. The maximum absolute atomic E-state index is 11.9. The number of carboxylic acid groups (broad SMARTS) is 1. The zero-order valence-corrected chi connectivity index (χ0v) is 17.4. The van der Waals surface area contributed by atoms with Gasteiger partial charge in [0, 0.05) is 6.42 Å². The molecule has 160 valence electrons. The molecule has 0 bridgehead atoms. The van der Waals surface area contributed by atoms with Crippen molar-refractivity contribution in [3.8, 4) is 0 Å². The van der Waals surface area contributed by atoms with Gasteiger partial charge in [-0.05, 0) is 32.1 Å². The molecule has 1 N–H and O–H groups in total. The lowest BCUT2D eigenvalue weighted by atomic mass is 10.1. The SMILES string of the molecule is CCCCCCCC/C=C\CCCCCCCC(=O)N(CC(=O)O)C(=O)C=O. The number of hydrogen-bond donors (Lipinski definition) is 1. The van der Waals surface area contributed by atoms with E-state index in [2.05, 4.69) is 19.1 Å². The number of hydrogen-bond acceptors (Lipinski definition) is 4. The molecular weight excluding hydrogens is 358 g/mol. The Balaban J connectivity index is 3.63. The largest absolute Gasteiger partial charge is 0.480 e. The molecule has 0 saturated heterocycles. The van der Waals surface area contributed by atoms with Crippen molar-refractivity contribution < 1.29 is 24.3 Å². The van der Waals surface area contributed by atoms with E-state index in [1.54, 1.807) is 0 Å². The zero-order valence-electron chi connectivity index (χ0n) is 17.4. The fraction of sp³-hybridized carbons (Fsp3) is 0.727. The normalized spacial score (nSPS) is 10.9. The van der Waals surface area contributed by atoms with Gasteiger partial charge in [0.25, 0.3) is 5.91 Å². The third-order valence-electron chi connectivity index (χ3n) is 4.61. The Labute approximate surface area is 169 Å². The molecule has 0 atom stereocenters. The molecule has 0 aliphatic heterocycles. The minimum absolute atomic E-state index is 0.0270. The standard InChI is InChI=1S/C22H37NO5/c1-2-3-4-5-6-7-8-9-10-11-12-13-14-15-16-17-20(25)23(18-22(27)28)21(26)19-24/h9-10,19H,2-8,11-18H2,1H3,(H,27,28)/b10-9-. The maximum atomic E-state index is 11.9. The van der Waals surface area contributed by atoms with Crippen molar-refractivity contribution in [3.63, 3.8) is 0 Å². The lowest BCUT2D eigenvalue weighted by molar-refractivity contribution is -0.154. The van der Waals surface area contributed by atoms with Gasteiger partial charge in [0.2, 0.25) is 12.2 Å². The second kappa shape index (κ2) is 18.4. The fourth-order valence-corrected chi connectivity index (χ4v) is 2.97. The molecule has 0 aromatic carbocycles. The van der Waals surface area contributed by atoms with Gasteiger partial charge in [0.1, 0.15) is 6.54 Å². The van der Waals surface area contributed by atoms with Crippen molar-refractivity contribution in [1.29, 1.82) is 0 Å². The summed E-state index contributed by atoms with van der Waals surface area (Å²) in [6.45, 7) is 1.47. The molecule has 0 fully saturated rings. The summed E-state index contributed by atoms with van der Waals surface area (Å²) in [5, 5.41) is 8.71. The third-order valence-corrected chi connectivity index (χ3v) is 4.61. The Kier molecular flexibility index (Phi) is 17.1. The van der Waals surface area contributed by atoms with E-state index < -0.39 is 24.3 Å². The van der Waals surface area contributed by atoms with Crippen molar-refractivity contribution >= 4 is 24.1 Å². The van der Waals surface area contributed by atoms with Crippen LogP contribution in [0.25, 0.3) is 0 Å². The Morgan fingerprint density at radius 1 is 0.786 bits per heavy atom. The Bertz CT molecular complexity index is 487. The van der Waals surface area contributed by atoms with Gasteiger partial charge in [-0.25, -0.2) is 0 Å².